The molecule has 42 heavy (non-hydrogen) atoms. The van der Waals surface area contributed by atoms with Crippen molar-refractivity contribution in [1.29, 1.82) is 0 Å². The van der Waals surface area contributed by atoms with Crippen LogP contribution in [0.3, 0.4) is 0 Å². The van der Waals surface area contributed by atoms with Gasteiger partial charge in [-0.2, -0.15) is 26.3 Å². The number of methoxy groups -OCH3 is 1. The summed E-state index contributed by atoms with van der Waals surface area (Å²) in [4.78, 5) is 7.71. The molecule has 2 aromatic heterocycles. The number of rotatable bonds is 4. The summed E-state index contributed by atoms with van der Waals surface area (Å²) in [7, 11) is 1.41. The Morgan fingerprint density at radius 3 is 2.38 bits per heavy atom. The van der Waals surface area contributed by atoms with E-state index < -0.39 is 24.0 Å². The number of pyridine rings is 1. The molecule has 7 nitrogen and oxygen atoms in total. The second-order valence-electron chi connectivity index (χ2n) is 12.0. The normalized spacial score (nSPS) is 23.9. The lowest BCUT2D eigenvalue weighted by Crippen LogP contribution is -2.62. The number of alkyl halides is 6. The highest BCUT2D eigenvalue weighted by Gasteiger charge is 2.55. The SMILES string of the molecule is COc1ccc(C(F)(F)F)nc1N1CC2(CC(c3nnc4n3-c3ccc(Cl)cc3CN(C3CC(C(F)(F)F)C3)C4)C2)C1. The molecule has 2 aliphatic carbocycles. The van der Waals surface area contributed by atoms with E-state index in [1.54, 1.807) is 6.07 Å². The van der Waals surface area contributed by atoms with Gasteiger partial charge in [0.25, 0.3) is 0 Å². The Morgan fingerprint density at radius 1 is 0.976 bits per heavy atom. The highest BCUT2D eigenvalue weighted by molar-refractivity contribution is 6.30. The highest BCUT2D eigenvalue weighted by atomic mass is 35.5. The number of hydrogen-bond acceptors (Lipinski definition) is 6. The zero-order chi connectivity index (χ0) is 29.6. The van der Waals surface area contributed by atoms with Crippen LogP contribution in [0.15, 0.2) is 30.3 Å². The summed E-state index contributed by atoms with van der Waals surface area (Å²) in [5, 5.41) is 9.57. The minimum atomic E-state index is -4.55. The van der Waals surface area contributed by atoms with Crippen LogP contribution in [0, 0.1) is 11.3 Å². The van der Waals surface area contributed by atoms with Gasteiger partial charge in [0.15, 0.2) is 17.4 Å². The lowest BCUT2D eigenvalue weighted by atomic mass is 9.57. The minimum Gasteiger partial charge on any atom is -0.493 e. The van der Waals surface area contributed by atoms with Gasteiger partial charge in [0.2, 0.25) is 0 Å². The number of halogens is 7. The summed E-state index contributed by atoms with van der Waals surface area (Å²) in [5.41, 5.74) is 0.749. The van der Waals surface area contributed by atoms with Crippen LogP contribution < -0.4 is 9.64 Å². The topological polar surface area (TPSA) is 59.3 Å². The van der Waals surface area contributed by atoms with Crippen molar-refractivity contribution in [3.05, 3.63) is 58.3 Å². The molecule has 1 spiro atoms. The number of hydrogen-bond donors (Lipinski definition) is 0. The van der Waals surface area contributed by atoms with Crippen molar-refractivity contribution in [2.75, 3.05) is 25.1 Å². The maximum absolute atomic E-state index is 13.3. The van der Waals surface area contributed by atoms with Gasteiger partial charge >= 0.3 is 12.4 Å². The first kappa shape index (κ1) is 27.8. The van der Waals surface area contributed by atoms with Crippen LogP contribution in [0.25, 0.3) is 5.69 Å². The molecule has 0 atom stereocenters. The third kappa shape index (κ3) is 4.59. The molecule has 1 aromatic carbocycles. The van der Waals surface area contributed by atoms with Gasteiger partial charge in [-0.15, -0.1) is 10.2 Å². The molecule has 3 fully saturated rings. The third-order valence-electron chi connectivity index (χ3n) is 9.27. The molecule has 0 unspecified atom stereocenters. The van der Waals surface area contributed by atoms with E-state index in [-0.39, 0.29) is 36.0 Å². The van der Waals surface area contributed by atoms with E-state index in [2.05, 4.69) is 15.2 Å². The quantitative estimate of drug-likeness (QED) is 0.319. The average molecular weight is 613 g/mol. The Balaban J connectivity index is 1.10. The van der Waals surface area contributed by atoms with E-state index in [1.165, 1.54) is 13.2 Å². The number of aromatic nitrogens is 4. The summed E-state index contributed by atoms with van der Waals surface area (Å²) in [5.74, 6) is 0.749. The van der Waals surface area contributed by atoms with E-state index in [0.717, 1.165) is 36.0 Å². The molecule has 0 amide bonds. The second-order valence-corrected chi connectivity index (χ2v) is 12.5. The molecule has 4 heterocycles. The maximum atomic E-state index is 13.3. The summed E-state index contributed by atoms with van der Waals surface area (Å²) in [6, 6.07) is 7.55. The molecule has 224 valence electrons. The van der Waals surface area contributed by atoms with Gasteiger partial charge in [0.05, 0.1) is 25.3 Å². The molecule has 2 aliphatic heterocycles. The first-order valence-electron chi connectivity index (χ1n) is 13.7. The van der Waals surface area contributed by atoms with Crippen LogP contribution in [-0.2, 0) is 19.3 Å². The molecule has 14 heteroatoms. The fraction of sp³-hybridized carbons (Fsp3) is 0.536. The predicted molar refractivity (Wildman–Crippen MR) is 141 cm³/mol. The zero-order valence-electron chi connectivity index (χ0n) is 22.5. The molecule has 7 rings (SSSR count). The summed E-state index contributed by atoms with van der Waals surface area (Å²) in [6.07, 6.45) is -7.04. The van der Waals surface area contributed by atoms with Crippen molar-refractivity contribution in [3.63, 3.8) is 0 Å². The Bertz CT molecular complexity index is 1520. The van der Waals surface area contributed by atoms with Gasteiger partial charge in [-0.25, -0.2) is 4.98 Å². The van der Waals surface area contributed by atoms with Crippen molar-refractivity contribution in [2.45, 2.75) is 63.1 Å². The second kappa shape index (κ2) is 9.47. The van der Waals surface area contributed by atoms with E-state index in [0.29, 0.717) is 42.8 Å². The van der Waals surface area contributed by atoms with Gasteiger partial charge in [-0.05, 0) is 61.6 Å². The van der Waals surface area contributed by atoms with Gasteiger partial charge in [0.1, 0.15) is 11.5 Å². The van der Waals surface area contributed by atoms with E-state index >= 15 is 0 Å². The molecule has 0 radical (unpaired) electrons. The number of ether oxygens (including phenoxy) is 1. The van der Waals surface area contributed by atoms with Crippen molar-refractivity contribution in [3.8, 4) is 11.4 Å². The van der Waals surface area contributed by atoms with Crippen LogP contribution in [0.1, 0.15) is 54.5 Å². The zero-order valence-corrected chi connectivity index (χ0v) is 23.3. The molecule has 0 N–H and O–H groups in total. The molecular weight excluding hydrogens is 586 g/mol. The first-order chi connectivity index (χ1) is 19.8. The standard InChI is InChI=1S/C28H27ClF6N6O/c1-42-21-4-5-22(28(33,34)35)36-25(21)40-13-26(14-40)9-16(10-26)24-38-37-23-12-39(19-7-17(8-19)27(30,31)32)11-15-6-18(29)2-3-20(15)41(23)24/h2-6,16-17,19H,7-14H2,1H3. The Kier molecular flexibility index (Phi) is 6.26. The Hall–Kier alpha value is -3.06. The minimum absolute atomic E-state index is 0.0631. The monoisotopic (exact) mass is 612 g/mol. The fourth-order valence-corrected chi connectivity index (χ4v) is 7.24. The van der Waals surface area contributed by atoms with Crippen LogP contribution in [0.2, 0.25) is 5.02 Å². The molecule has 0 bridgehead atoms. The molecular formula is C28H27ClF6N6O. The van der Waals surface area contributed by atoms with Gasteiger partial charge in [-0.3, -0.25) is 9.47 Å². The van der Waals surface area contributed by atoms with Crippen LogP contribution in [0.4, 0.5) is 32.2 Å². The lowest BCUT2D eigenvalue weighted by Gasteiger charge is -2.59. The third-order valence-corrected chi connectivity index (χ3v) is 9.51. The number of fused-ring (bicyclic) bond motifs is 3. The summed E-state index contributed by atoms with van der Waals surface area (Å²) < 4.78 is 86.7. The Morgan fingerprint density at radius 2 is 1.71 bits per heavy atom. The Labute approximate surface area is 242 Å². The van der Waals surface area contributed by atoms with Crippen molar-refractivity contribution >= 4 is 17.4 Å². The highest BCUT2D eigenvalue weighted by Crippen LogP contribution is 2.57. The van der Waals surface area contributed by atoms with Gasteiger partial charge < -0.3 is 9.64 Å². The fourth-order valence-electron chi connectivity index (χ4n) is 7.05. The van der Waals surface area contributed by atoms with Crippen LogP contribution in [-0.4, -0.2) is 57.1 Å². The van der Waals surface area contributed by atoms with Crippen molar-refractivity contribution < 1.29 is 31.1 Å². The average Bonchev–Trinajstić information content (AvgIpc) is 3.15. The molecule has 1 saturated heterocycles. The van der Waals surface area contributed by atoms with Gasteiger partial charge in [0, 0.05) is 42.0 Å². The van der Waals surface area contributed by atoms with E-state index in [4.69, 9.17) is 16.3 Å². The largest absolute Gasteiger partial charge is 0.493 e. The predicted octanol–water partition coefficient (Wildman–Crippen LogP) is 6.38. The first-order valence-corrected chi connectivity index (χ1v) is 14.1. The number of benzene rings is 1. The summed E-state index contributed by atoms with van der Waals surface area (Å²) >= 11 is 6.33. The summed E-state index contributed by atoms with van der Waals surface area (Å²) in [6.45, 7) is 1.94. The maximum Gasteiger partial charge on any atom is 0.433 e. The molecule has 2 saturated carbocycles. The smallest absolute Gasteiger partial charge is 0.433 e. The van der Waals surface area contributed by atoms with Crippen LogP contribution in [0.5, 0.6) is 5.75 Å². The van der Waals surface area contributed by atoms with Crippen molar-refractivity contribution in [2.24, 2.45) is 11.3 Å². The van der Waals surface area contributed by atoms with E-state index in [1.807, 2.05) is 26.5 Å². The van der Waals surface area contributed by atoms with Crippen LogP contribution >= 0.6 is 11.6 Å². The lowest BCUT2D eigenvalue weighted by molar-refractivity contribution is -0.207. The van der Waals surface area contributed by atoms with Crippen molar-refractivity contribution in [1.82, 2.24) is 24.6 Å². The number of nitrogens with zero attached hydrogens (tertiary/aromatic N) is 6. The number of anilines is 1. The van der Waals surface area contributed by atoms with Gasteiger partial charge in [-0.1, -0.05) is 11.6 Å². The molecule has 3 aromatic rings. The molecule has 4 aliphatic rings. The van der Waals surface area contributed by atoms with E-state index in [9.17, 15) is 26.3 Å².